The first-order chi connectivity index (χ1) is 17.1. The van der Waals surface area contributed by atoms with Gasteiger partial charge in [-0.2, -0.15) is 0 Å². The molecule has 0 spiro atoms. The molecule has 2 aromatic carbocycles. The average Bonchev–Trinajstić information content (AvgIpc) is 3.32. The van der Waals surface area contributed by atoms with Gasteiger partial charge in [0, 0.05) is 63.8 Å². The molecule has 8 heteroatoms. The zero-order valence-electron chi connectivity index (χ0n) is 18.8. The minimum atomic E-state index is -0.419. The quantitative estimate of drug-likeness (QED) is 0.288. The van der Waals surface area contributed by atoms with Crippen molar-refractivity contribution in [2.45, 2.75) is 0 Å². The van der Waals surface area contributed by atoms with E-state index in [-0.39, 0.29) is 5.78 Å². The Balaban J connectivity index is 1.36. The van der Waals surface area contributed by atoms with Crippen LogP contribution in [0.2, 0.25) is 0 Å². The first-order valence-electron chi connectivity index (χ1n) is 10.8. The van der Waals surface area contributed by atoms with Gasteiger partial charge in [0.2, 0.25) is 0 Å². The summed E-state index contributed by atoms with van der Waals surface area (Å²) in [4.78, 5) is 37.5. The van der Waals surface area contributed by atoms with Crippen molar-refractivity contribution in [3.63, 3.8) is 0 Å². The lowest BCUT2D eigenvalue weighted by molar-refractivity contribution is 0.104. The molecule has 3 aromatic heterocycles. The molecule has 0 fully saturated rings. The molecule has 0 aliphatic heterocycles. The van der Waals surface area contributed by atoms with E-state index in [1.165, 1.54) is 0 Å². The van der Waals surface area contributed by atoms with E-state index >= 15 is 0 Å². The predicted molar refractivity (Wildman–Crippen MR) is 135 cm³/mol. The molecule has 0 aliphatic rings. The van der Waals surface area contributed by atoms with Gasteiger partial charge in [-0.3, -0.25) is 9.78 Å². The van der Waals surface area contributed by atoms with Crippen LogP contribution in [0.3, 0.4) is 0 Å². The number of urea groups is 1. The van der Waals surface area contributed by atoms with Gasteiger partial charge in [-0.1, -0.05) is 18.2 Å². The van der Waals surface area contributed by atoms with Crippen LogP contribution in [-0.2, 0) is 0 Å². The second kappa shape index (κ2) is 9.48. The van der Waals surface area contributed by atoms with Gasteiger partial charge < -0.3 is 20.4 Å². The Labute approximate surface area is 201 Å². The van der Waals surface area contributed by atoms with Crippen LogP contribution < -0.4 is 15.4 Å². The Morgan fingerprint density at radius 2 is 1.71 bits per heavy atom. The SMILES string of the molecule is COc1ccc(NC(=O)Nc2cccc(C(=O)c3c[nH]c4ncc(-c5cccnc5)cc34)c2)cc1. The van der Waals surface area contributed by atoms with E-state index in [0.717, 1.165) is 11.1 Å². The number of anilines is 2. The number of rotatable bonds is 6. The third-order valence-electron chi connectivity index (χ3n) is 5.50. The number of fused-ring (bicyclic) bond motifs is 1. The number of H-pyrrole nitrogens is 1. The third-order valence-corrected chi connectivity index (χ3v) is 5.50. The smallest absolute Gasteiger partial charge is 0.323 e. The third kappa shape index (κ3) is 4.72. The number of hydrogen-bond donors (Lipinski definition) is 3. The number of aromatic amines is 1. The highest BCUT2D eigenvalue weighted by atomic mass is 16.5. The summed E-state index contributed by atoms with van der Waals surface area (Å²) in [5, 5.41) is 6.24. The molecular weight excluding hydrogens is 442 g/mol. The number of hydrogen-bond acceptors (Lipinski definition) is 5. The number of nitrogens with zero attached hydrogens (tertiary/aromatic N) is 2. The Morgan fingerprint density at radius 1 is 0.886 bits per heavy atom. The zero-order valence-corrected chi connectivity index (χ0v) is 18.8. The van der Waals surface area contributed by atoms with Crippen molar-refractivity contribution in [2.75, 3.05) is 17.7 Å². The van der Waals surface area contributed by atoms with Crippen molar-refractivity contribution in [3.8, 4) is 16.9 Å². The van der Waals surface area contributed by atoms with Gasteiger partial charge in [0.1, 0.15) is 11.4 Å². The zero-order chi connectivity index (χ0) is 24.2. The van der Waals surface area contributed by atoms with Gasteiger partial charge in [0.25, 0.3) is 0 Å². The van der Waals surface area contributed by atoms with Gasteiger partial charge in [0.15, 0.2) is 5.78 Å². The van der Waals surface area contributed by atoms with E-state index in [2.05, 4.69) is 25.6 Å². The molecule has 0 saturated heterocycles. The Bertz CT molecular complexity index is 1510. The lowest BCUT2D eigenvalue weighted by atomic mass is 10.0. The summed E-state index contributed by atoms with van der Waals surface area (Å²) in [5.41, 5.74) is 4.45. The molecule has 2 amide bonds. The summed E-state index contributed by atoms with van der Waals surface area (Å²) in [5.74, 6) is 0.516. The number of amides is 2. The number of ether oxygens (including phenoxy) is 1. The number of nitrogens with one attached hydrogen (secondary N) is 3. The minimum Gasteiger partial charge on any atom is -0.497 e. The molecule has 35 heavy (non-hydrogen) atoms. The van der Waals surface area contributed by atoms with Crippen molar-refractivity contribution in [3.05, 3.63) is 103 Å². The van der Waals surface area contributed by atoms with Crippen LogP contribution in [-0.4, -0.2) is 33.9 Å². The Hall–Kier alpha value is -4.98. The highest BCUT2D eigenvalue weighted by Gasteiger charge is 2.16. The molecule has 172 valence electrons. The van der Waals surface area contributed by atoms with Crippen LogP contribution >= 0.6 is 0 Å². The maximum Gasteiger partial charge on any atom is 0.323 e. The van der Waals surface area contributed by atoms with Crippen LogP contribution in [0, 0.1) is 0 Å². The lowest BCUT2D eigenvalue weighted by Crippen LogP contribution is -2.19. The van der Waals surface area contributed by atoms with Gasteiger partial charge in [-0.05, 0) is 48.5 Å². The number of carbonyl (C=O) groups excluding carboxylic acids is 2. The average molecular weight is 463 g/mol. The second-order valence-corrected chi connectivity index (χ2v) is 7.78. The molecule has 5 rings (SSSR count). The maximum atomic E-state index is 13.4. The van der Waals surface area contributed by atoms with E-state index in [1.54, 1.807) is 80.4 Å². The van der Waals surface area contributed by atoms with Crippen LogP contribution in [0.15, 0.2) is 91.5 Å². The summed E-state index contributed by atoms with van der Waals surface area (Å²) in [7, 11) is 1.58. The Kier molecular flexibility index (Phi) is 5.92. The summed E-state index contributed by atoms with van der Waals surface area (Å²) in [6.07, 6.45) is 6.86. The molecule has 3 N–H and O–H groups in total. The van der Waals surface area contributed by atoms with Crippen molar-refractivity contribution >= 4 is 34.2 Å². The van der Waals surface area contributed by atoms with Crippen molar-refractivity contribution < 1.29 is 14.3 Å². The number of aromatic nitrogens is 3. The van der Waals surface area contributed by atoms with E-state index in [1.807, 2.05) is 18.2 Å². The van der Waals surface area contributed by atoms with E-state index in [9.17, 15) is 9.59 Å². The molecule has 0 aliphatic carbocycles. The van der Waals surface area contributed by atoms with E-state index in [0.29, 0.717) is 39.3 Å². The van der Waals surface area contributed by atoms with Gasteiger partial charge in [0.05, 0.1) is 7.11 Å². The molecule has 0 unspecified atom stereocenters. The molecule has 3 heterocycles. The monoisotopic (exact) mass is 463 g/mol. The van der Waals surface area contributed by atoms with Gasteiger partial charge in [-0.25, -0.2) is 9.78 Å². The second-order valence-electron chi connectivity index (χ2n) is 7.78. The first kappa shape index (κ1) is 21.8. The standard InChI is InChI=1S/C27H21N5O3/c1-35-22-9-7-20(8-10-22)31-27(34)32-21-6-2-4-17(12-21)25(33)24-16-30-26-23(24)13-19(15-29-26)18-5-3-11-28-14-18/h2-16H,1H3,(H,29,30)(H2,31,32,34). The highest BCUT2D eigenvalue weighted by Crippen LogP contribution is 2.26. The molecule has 0 bridgehead atoms. The molecular formula is C27H21N5O3. The van der Waals surface area contributed by atoms with E-state index in [4.69, 9.17) is 4.74 Å². The van der Waals surface area contributed by atoms with E-state index < -0.39 is 6.03 Å². The topological polar surface area (TPSA) is 109 Å². The lowest BCUT2D eigenvalue weighted by Gasteiger charge is -2.09. The largest absolute Gasteiger partial charge is 0.497 e. The van der Waals surface area contributed by atoms with Crippen molar-refractivity contribution in [1.82, 2.24) is 15.0 Å². The number of ketones is 1. The summed E-state index contributed by atoms with van der Waals surface area (Å²) < 4.78 is 5.12. The van der Waals surface area contributed by atoms with Crippen LogP contribution in [0.25, 0.3) is 22.2 Å². The number of benzene rings is 2. The van der Waals surface area contributed by atoms with Crippen LogP contribution in [0.4, 0.5) is 16.2 Å². The number of pyridine rings is 2. The normalized spacial score (nSPS) is 10.7. The van der Waals surface area contributed by atoms with Crippen molar-refractivity contribution in [1.29, 1.82) is 0 Å². The molecule has 5 aromatic rings. The van der Waals surface area contributed by atoms with Crippen LogP contribution in [0.5, 0.6) is 5.75 Å². The molecule has 0 atom stereocenters. The van der Waals surface area contributed by atoms with Crippen molar-refractivity contribution in [2.24, 2.45) is 0 Å². The summed E-state index contributed by atoms with van der Waals surface area (Å²) >= 11 is 0. The molecule has 0 radical (unpaired) electrons. The fraction of sp³-hybridized carbons (Fsp3) is 0.0370. The summed E-state index contributed by atoms with van der Waals surface area (Å²) in [6, 6.07) is 19.1. The number of methoxy groups -OCH3 is 1. The predicted octanol–water partition coefficient (Wildman–Crippen LogP) is 5.51. The molecule has 8 nitrogen and oxygen atoms in total. The fourth-order valence-electron chi connectivity index (χ4n) is 3.74. The van der Waals surface area contributed by atoms with Gasteiger partial charge in [-0.15, -0.1) is 0 Å². The summed E-state index contributed by atoms with van der Waals surface area (Å²) in [6.45, 7) is 0. The number of carbonyl (C=O) groups is 2. The fourth-order valence-corrected chi connectivity index (χ4v) is 3.74. The first-order valence-corrected chi connectivity index (χ1v) is 10.8. The molecule has 0 saturated carbocycles. The van der Waals surface area contributed by atoms with Gasteiger partial charge >= 0.3 is 6.03 Å². The highest BCUT2D eigenvalue weighted by molar-refractivity contribution is 6.16. The Morgan fingerprint density at radius 3 is 2.49 bits per heavy atom. The maximum absolute atomic E-state index is 13.4. The minimum absolute atomic E-state index is 0.180. The van der Waals surface area contributed by atoms with Crippen LogP contribution in [0.1, 0.15) is 15.9 Å².